The minimum absolute atomic E-state index is 0.265. The summed E-state index contributed by atoms with van der Waals surface area (Å²) >= 11 is 0. The molecule has 1 aromatic rings. The molecule has 1 aromatic carbocycles. The predicted octanol–water partition coefficient (Wildman–Crippen LogP) is 3.14. The number of rotatable bonds is 9. The fraction of sp³-hybridized carbons (Fsp3) is 0.609. The van der Waals surface area contributed by atoms with Crippen LogP contribution in [0, 0.1) is 0 Å². The third kappa shape index (κ3) is 9.72. The Hall–Kier alpha value is -2.77. The molecule has 1 saturated heterocycles. The third-order valence-electron chi connectivity index (χ3n) is 4.68. The van der Waals surface area contributed by atoms with Crippen molar-refractivity contribution in [1.29, 1.82) is 0 Å². The average molecular weight is 432 g/mol. The molecule has 1 heterocycles. The molecule has 8 nitrogen and oxygen atoms in total. The van der Waals surface area contributed by atoms with Gasteiger partial charge < -0.3 is 20.3 Å². The second-order valence-corrected chi connectivity index (χ2v) is 8.60. The van der Waals surface area contributed by atoms with E-state index in [0.29, 0.717) is 18.7 Å². The Kier molecular flexibility index (Phi) is 9.62. The van der Waals surface area contributed by atoms with Crippen LogP contribution >= 0.6 is 0 Å². The molecule has 1 aliphatic heterocycles. The lowest BCUT2D eigenvalue weighted by atomic mass is 10.1. The summed E-state index contributed by atoms with van der Waals surface area (Å²) in [4.78, 5) is 30.0. The van der Waals surface area contributed by atoms with E-state index in [4.69, 9.17) is 4.74 Å². The van der Waals surface area contributed by atoms with Crippen molar-refractivity contribution < 1.29 is 14.3 Å². The van der Waals surface area contributed by atoms with Gasteiger partial charge in [-0.05, 0) is 64.7 Å². The molecule has 0 aromatic heterocycles. The van der Waals surface area contributed by atoms with Crippen molar-refractivity contribution in [3.63, 3.8) is 0 Å². The van der Waals surface area contributed by atoms with Gasteiger partial charge in [-0.15, -0.1) is 0 Å². The van der Waals surface area contributed by atoms with Crippen LogP contribution in [-0.2, 0) is 16.0 Å². The second-order valence-electron chi connectivity index (χ2n) is 8.60. The summed E-state index contributed by atoms with van der Waals surface area (Å²) in [5.74, 6) is 1.06. The molecule has 0 atom stereocenters. The molecule has 1 fully saturated rings. The number of ether oxygens (including phenoxy) is 1. The Labute approximate surface area is 185 Å². The average Bonchev–Trinajstić information content (AvgIpc) is 3.10. The quantitative estimate of drug-likeness (QED) is 0.317. The molecule has 0 unspecified atom stereocenters. The standard InChI is InChI=1S/C23H37N5O3/c1-5-24-21(25-14-7-17-28-16-6-8-20(28)29)26-15-13-18-9-11-19(12-10-18)27-22(30)31-23(2,3)4/h9-12H,5-8,13-17H2,1-4H3,(H,27,30)(H2,24,25,26). The molecule has 0 bridgehead atoms. The smallest absolute Gasteiger partial charge is 0.412 e. The molecule has 0 saturated carbocycles. The van der Waals surface area contributed by atoms with Gasteiger partial charge >= 0.3 is 6.09 Å². The fourth-order valence-electron chi connectivity index (χ4n) is 3.24. The van der Waals surface area contributed by atoms with E-state index < -0.39 is 11.7 Å². The lowest BCUT2D eigenvalue weighted by Crippen LogP contribution is -2.38. The normalized spacial score (nSPS) is 14.5. The van der Waals surface area contributed by atoms with Crippen LogP contribution in [0.1, 0.15) is 52.5 Å². The van der Waals surface area contributed by atoms with Crippen LogP contribution in [0.4, 0.5) is 10.5 Å². The maximum Gasteiger partial charge on any atom is 0.412 e. The minimum atomic E-state index is -0.521. The Morgan fingerprint density at radius 3 is 2.55 bits per heavy atom. The Balaban J connectivity index is 1.72. The Morgan fingerprint density at radius 2 is 1.94 bits per heavy atom. The van der Waals surface area contributed by atoms with Crippen molar-refractivity contribution in [2.45, 2.75) is 59.0 Å². The van der Waals surface area contributed by atoms with Gasteiger partial charge in [-0.25, -0.2) is 4.79 Å². The summed E-state index contributed by atoms with van der Waals surface area (Å²) in [5, 5.41) is 9.34. The molecule has 0 spiro atoms. The van der Waals surface area contributed by atoms with Crippen molar-refractivity contribution in [3.05, 3.63) is 29.8 Å². The van der Waals surface area contributed by atoms with E-state index in [1.165, 1.54) is 0 Å². The topological polar surface area (TPSA) is 95.1 Å². The Morgan fingerprint density at radius 1 is 1.19 bits per heavy atom. The van der Waals surface area contributed by atoms with E-state index in [2.05, 4.69) is 20.9 Å². The minimum Gasteiger partial charge on any atom is -0.444 e. The van der Waals surface area contributed by atoms with Crippen molar-refractivity contribution in [1.82, 2.24) is 15.5 Å². The Bertz CT molecular complexity index is 741. The fourth-order valence-corrected chi connectivity index (χ4v) is 3.24. The number of benzene rings is 1. The molecule has 2 amide bonds. The van der Waals surface area contributed by atoms with Gasteiger partial charge in [-0.1, -0.05) is 12.1 Å². The van der Waals surface area contributed by atoms with Crippen molar-refractivity contribution in [3.8, 4) is 0 Å². The van der Waals surface area contributed by atoms with Gasteiger partial charge in [-0.3, -0.25) is 15.1 Å². The van der Waals surface area contributed by atoms with E-state index in [9.17, 15) is 9.59 Å². The molecular weight excluding hydrogens is 394 g/mol. The molecule has 31 heavy (non-hydrogen) atoms. The molecule has 172 valence electrons. The van der Waals surface area contributed by atoms with Crippen molar-refractivity contribution in [2.75, 3.05) is 38.0 Å². The van der Waals surface area contributed by atoms with E-state index in [-0.39, 0.29) is 5.91 Å². The molecular formula is C23H37N5O3. The molecule has 2 rings (SSSR count). The van der Waals surface area contributed by atoms with E-state index in [1.807, 2.05) is 56.9 Å². The van der Waals surface area contributed by atoms with Crippen LogP contribution < -0.4 is 16.0 Å². The molecule has 8 heteroatoms. The lowest BCUT2D eigenvalue weighted by molar-refractivity contribution is -0.127. The van der Waals surface area contributed by atoms with Crippen LogP contribution in [0.5, 0.6) is 0 Å². The first kappa shape index (κ1) is 24.5. The number of nitrogens with zero attached hydrogens (tertiary/aromatic N) is 2. The third-order valence-corrected chi connectivity index (χ3v) is 4.68. The van der Waals surface area contributed by atoms with Gasteiger partial charge in [0.1, 0.15) is 5.60 Å². The first-order valence-electron chi connectivity index (χ1n) is 11.2. The SMILES string of the molecule is CCNC(=NCCCN1CCCC1=O)NCCc1ccc(NC(=O)OC(C)(C)C)cc1. The monoisotopic (exact) mass is 431 g/mol. The zero-order valence-electron chi connectivity index (χ0n) is 19.3. The van der Waals surface area contributed by atoms with Crippen LogP contribution in [0.25, 0.3) is 0 Å². The zero-order valence-corrected chi connectivity index (χ0v) is 19.3. The first-order valence-corrected chi connectivity index (χ1v) is 11.2. The zero-order chi connectivity index (χ0) is 22.7. The highest BCUT2D eigenvalue weighted by atomic mass is 16.6. The maximum absolute atomic E-state index is 11.8. The van der Waals surface area contributed by atoms with Crippen molar-refractivity contribution in [2.24, 2.45) is 4.99 Å². The van der Waals surface area contributed by atoms with E-state index >= 15 is 0 Å². The summed E-state index contributed by atoms with van der Waals surface area (Å²) in [5.41, 5.74) is 1.34. The molecule has 0 radical (unpaired) electrons. The second kappa shape index (κ2) is 12.2. The van der Waals surface area contributed by atoms with E-state index in [0.717, 1.165) is 57.0 Å². The number of nitrogens with one attached hydrogen (secondary N) is 3. The van der Waals surface area contributed by atoms with Gasteiger partial charge in [0.2, 0.25) is 5.91 Å². The molecule has 3 N–H and O–H groups in total. The van der Waals surface area contributed by atoms with Crippen molar-refractivity contribution >= 4 is 23.6 Å². The van der Waals surface area contributed by atoms with Crippen LogP contribution in [0.15, 0.2) is 29.3 Å². The van der Waals surface area contributed by atoms with Gasteiger partial charge in [0.15, 0.2) is 5.96 Å². The predicted molar refractivity (Wildman–Crippen MR) is 124 cm³/mol. The van der Waals surface area contributed by atoms with E-state index in [1.54, 1.807) is 0 Å². The maximum atomic E-state index is 11.8. The number of likely N-dealkylation sites (tertiary alicyclic amines) is 1. The number of carbonyl (C=O) groups is 2. The number of aliphatic imine (C=N–C) groups is 1. The number of carbonyl (C=O) groups excluding carboxylic acids is 2. The van der Waals surface area contributed by atoms with Crippen LogP contribution in [0.3, 0.4) is 0 Å². The summed E-state index contributed by atoms with van der Waals surface area (Å²) in [6.07, 6.45) is 2.91. The highest BCUT2D eigenvalue weighted by Gasteiger charge is 2.19. The number of hydrogen-bond donors (Lipinski definition) is 3. The van der Waals surface area contributed by atoms with Gasteiger partial charge in [-0.2, -0.15) is 0 Å². The summed E-state index contributed by atoms with van der Waals surface area (Å²) in [6, 6.07) is 7.73. The highest BCUT2D eigenvalue weighted by molar-refractivity contribution is 5.84. The largest absolute Gasteiger partial charge is 0.444 e. The van der Waals surface area contributed by atoms with Gasteiger partial charge in [0, 0.05) is 44.8 Å². The number of hydrogen-bond acceptors (Lipinski definition) is 4. The number of anilines is 1. The van der Waals surface area contributed by atoms with Gasteiger partial charge in [0.25, 0.3) is 0 Å². The molecule has 1 aliphatic rings. The first-order chi connectivity index (χ1) is 14.8. The number of amides is 2. The van der Waals surface area contributed by atoms with Crippen LogP contribution in [-0.4, -0.2) is 61.2 Å². The summed E-state index contributed by atoms with van der Waals surface area (Å²) < 4.78 is 5.26. The van der Waals surface area contributed by atoms with Gasteiger partial charge in [0.05, 0.1) is 0 Å². The summed E-state index contributed by atoms with van der Waals surface area (Å²) in [6.45, 7) is 11.4. The lowest BCUT2D eigenvalue weighted by Gasteiger charge is -2.19. The number of guanidine groups is 1. The molecule has 0 aliphatic carbocycles. The summed E-state index contributed by atoms with van der Waals surface area (Å²) in [7, 11) is 0. The van der Waals surface area contributed by atoms with Crippen LogP contribution in [0.2, 0.25) is 0 Å². The highest BCUT2D eigenvalue weighted by Crippen LogP contribution is 2.13.